The highest BCUT2D eigenvalue weighted by Crippen LogP contribution is 2.31. The molecule has 1 fully saturated rings. The molecule has 1 aliphatic rings. The van der Waals surface area contributed by atoms with Gasteiger partial charge in [0.05, 0.1) is 16.4 Å². The lowest BCUT2D eigenvalue weighted by Crippen LogP contribution is -2.56. The van der Waals surface area contributed by atoms with Gasteiger partial charge in [-0.25, -0.2) is 0 Å². The van der Waals surface area contributed by atoms with E-state index < -0.39 is 11.8 Å². The number of thiocarbonyl (C=S) groups is 1. The highest BCUT2D eigenvalue weighted by atomic mass is 35.5. The number of carbonyl (C=O) groups is 2. The molecule has 0 aromatic heterocycles. The number of nitrogens with zero attached hydrogens (tertiary/aromatic N) is 2. The molecule has 0 N–H and O–H groups in total. The number of halogens is 1. The Balaban J connectivity index is 1.49. The van der Waals surface area contributed by atoms with Crippen LogP contribution in [-0.4, -0.2) is 16.9 Å². The van der Waals surface area contributed by atoms with Crippen LogP contribution in [0.5, 0.6) is 5.75 Å². The van der Waals surface area contributed by atoms with Crippen molar-refractivity contribution in [1.29, 1.82) is 0 Å². The fourth-order valence-corrected chi connectivity index (χ4v) is 4.59. The number of anilines is 2. The summed E-state index contributed by atoms with van der Waals surface area (Å²) < 4.78 is 5.85. The topological polar surface area (TPSA) is 49.9 Å². The Morgan fingerprint density at radius 2 is 1.24 bits per heavy atom. The molecule has 182 valence electrons. The Labute approximate surface area is 225 Å². The Morgan fingerprint density at radius 3 is 1.76 bits per heavy atom. The molecule has 4 aromatic carbocycles. The zero-order valence-corrected chi connectivity index (χ0v) is 21.2. The first-order chi connectivity index (χ1) is 18.0. The standard InChI is InChI=1S/C30H21ClN2O3S/c31-26-19-22(16-17-27(26)36-20-21-10-4-1-5-11-21)18-25-28(34)32(23-12-6-2-7-13-23)30(37)33(29(25)35)24-14-8-3-9-15-24/h1-19H,20H2. The van der Waals surface area contributed by atoms with Gasteiger partial charge in [0.1, 0.15) is 17.9 Å². The summed E-state index contributed by atoms with van der Waals surface area (Å²) in [6.07, 6.45) is 1.53. The summed E-state index contributed by atoms with van der Waals surface area (Å²) in [5.41, 5.74) is 2.71. The van der Waals surface area contributed by atoms with Crippen LogP contribution in [0.4, 0.5) is 11.4 Å². The monoisotopic (exact) mass is 524 g/mol. The van der Waals surface area contributed by atoms with E-state index in [0.29, 0.717) is 34.3 Å². The quantitative estimate of drug-likeness (QED) is 0.161. The molecule has 37 heavy (non-hydrogen) atoms. The molecule has 0 spiro atoms. The van der Waals surface area contributed by atoms with Crippen LogP contribution < -0.4 is 14.5 Å². The Bertz CT molecular complexity index is 1430. The van der Waals surface area contributed by atoms with E-state index in [1.807, 2.05) is 66.7 Å². The summed E-state index contributed by atoms with van der Waals surface area (Å²) in [4.78, 5) is 29.9. The maximum absolute atomic E-state index is 13.6. The highest BCUT2D eigenvalue weighted by molar-refractivity contribution is 7.81. The van der Waals surface area contributed by atoms with Crippen molar-refractivity contribution in [2.45, 2.75) is 6.61 Å². The van der Waals surface area contributed by atoms with Crippen LogP contribution >= 0.6 is 23.8 Å². The molecule has 0 saturated carbocycles. The highest BCUT2D eigenvalue weighted by Gasteiger charge is 2.41. The largest absolute Gasteiger partial charge is 0.487 e. The van der Waals surface area contributed by atoms with Crippen LogP contribution in [0.2, 0.25) is 5.02 Å². The molecule has 0 bridgehead atoms. The van der Waals surface area contributed by atoms with Crippen molar-refractivity contribution in [2.75, 3.05) is 9.80 Å². The third-order valence-corrected chi connectivity index (χ3v) is 6.44. The molecule has 1 saturated heterocycles. The number of carbonyl (C=O) groups excluding carboxylic acids is 2. The summed E-state index contributed by atoms with van der Waals surface area (Å²) in [6.45, 7) is 0.369. The molecular formula is C30H21ClN2O3S. The molecular weight excluding hydrogens is 504 g/mol. The Hall–Kier alpha value is -4.26. The molecule has 1 aliphatic heterocycles. The van der Waals surface area contributed by atoms with Gasteiger partial charge in [-0.1, -0.05) is 84.4 Å². The van der Waals surface area contributed by atoms with Crippen molar-refractivity contribution in [3.05, 3.63) is 131 Å². The molecule has 5 nitrogen and oxygen atoms in total. The second-order valence-corrected chi connectivity index (χ2v) is 9.03. The van der Waals surface area contributed by atoms with E-state index in [-0.39, 0.29) is 10.7 Å². The number of para-hydroxylation sites is 2. The van der Waals surface area contributed by atoms with Gasteiger partial charge in [-0.2, -0.15) is 0 Å². The van der Waals surface area contributed by atoms with Crippen molar-refractivity contribution < 1.29 is 14.3 Å². The third-order valence-electron chi connectivity index (χ3n) is 5.78. The first-order valence-corrected chi connectivity index (χ1v) is 12.3. The van der Waals surface area contributed by atoms with Gasteiger partial charge in [0.2, 0.25) is 0 Å². The number of benzene rings is 4. The van der Waals surface area contributed by atoms with E-state index in [1.54, 1.807) is 42.5 Å². The average molecular weight is 525 g/mol. The van der Waals surface area contributed by atoms with Crippen LogP contribution in [0.3, 0.4) is 0 Å². The second-order valence-electron chi connectivity index (χ2n) is 8.26. The molecule has 7 heteroatoms. The van der Waals surface area contributed by atoms with Gasteiger partial charge in [0.25, 0.3) is 11.8 Å². The maximum atomic E-state index is 13.6. The van der Waals surface area contributed by atoms with Crippen molar-refractivity contribution in [1.82, 2.24) is 0 Å². The van der Waals surface area contributed by atoms with Crippen LogP contribution in [0.15, 0.2) is 115 Å². The minimum Gasteiger partial charge on any atom is -0.487 e. The smallest absolute Gasteiger partial charge is 0.270 e. The Morgan fingerprint density at radius 1 is 0.730 bits per heavy atom. The summed E-state index contributed by atoms with van der Waals surface area (Å²) >= 11 is 12.1. The molecule has 0 radical (unpaired) electrons. The SMILES string of the molecule is O=C1C(=Cc2ccc(OCc3ccccc3)c(Cl)c2)C(=O)N(c2ccccc2)C(=S)N1c1ccccc1. The zero-order valence-electron chi connectivity index (χ0n) is 19.6. The van der Waals surface area contributed by atoms with Crippen LogP contribution in [0.25, 0.3) is 6.08 Å². The predicted molar refractivity (Wildman–Crippen MR) is 151 cm³/mol. The first-order valence-electron chi connectivity index (χ1n) is 11.5. The van der Waals surface area contributed by atoms with E-state index in [0.717, 1.165) is 5.56 Å². The van der Waals surface area contributed by atoms with Gasteiger partial charge in [0.15, 0.2) is 5.11 Å². The van der Waals surface area contributed by atoms with E-state index in [4.69, 9.17) is 28.6 Å². The predicted octanol–water partition coefficient (Wildman–Crippen LogP) is 6.67. The molecule has 2 amide bonds. The van der Waals surface area contributed by atoms with Crippen LogP contribution in [-0.2, 0) is 16.2 Å². The van der Waals surface area contributed by atoms with Gasteiger partial charge in [-0.05, 0) is 65.8 Å². The molecule has 0 aliphatic carbocycles. The average Bonchev–Trinajstić information content (AvgIpc) is 2.92. The Kier molecular flexibility index (Phi) is 7.12. The van der Waals surface area contributed by atoms with Crippen molar-refractivity contribution >= 4 is 58.2 Å². The molecule has 5 rings (SSSR count). The second kappa shape index (κ2) is 10.8. The lowest BCUT2D eigenvalue weighted by Gasteiger charge is -2.36. The van der Waals surface area contributed by atoms with Gasteiger partial charge in [-0.15, -0.1) is 0 Å². The molecule has 0 atom stereocenters. The summed E-state index contributed by atoms with van der Waals surface area (Å²) in [7, 11) is 0. The number of rotatable bonds is 6. The lowest BCUT2D eigenvalue weighted by atomic mass is 10.0. The normalized spacial score (nSPS) is 13.6. The fourth-order valence-electron chi connectivity index (χ4n) is 3.97. The van der Waals surface area contributed by atoms with Crippen molar-refractivity contribution in [3.63, 3.8) is 0 Å². The first kappa shape index (κ1) is 24.4. The van der Waals surface area contributed by atoms with Crippen LogP contribution in [0.1, 0.15) is 11.1 Å². The number of ether oxygens (including phenoxy) is 1. The molecule has 0 unspecified atom stereocenters. The number of amides is 2. The van der Waals surface area contributed by atoms with Crippen molar-refractivity contribution in [3.8, 4) is 5.75 Å². The lowest BCUT2D eigenvalue weighted by molar-refractivity contribution is -0.120. The number of hydrogen-bond donors (Lipinski definition) is 0. The maximum Gasteiger partial charge on any atom is 0.270 e. The minimum atomic E-state index is -0.506. The van der Waals surface area contributed by atoms with Crippen LogP contribution in [0, 0.1) is 0 Å². The van der Waals surface area contributed by atoms with Gasteiger partial charge in [0, 0.05) is 0 Å². The summed E-state index contributed by atoms with van der Waals surface area (Å²) in [5.74, 6) is -0.505. The zero-order chi connectivity index (χ0) is 25.8. The molecule has 1 heterocycles. The van der Waals surface area contributed by atoms with Gasteiger partial charge < -0.3 is 4.74 Å². The van der Waals surface area contributed by atoms with Gasteiger partial charge in [-0.3, -0.25) is 19.4 Å². The molecule has 4 aromatic rings. The van der Waals surface area contributed by atoms with E-state index in [1.165, 1.54) is 15.9 Å². The minimum absolute atomic E-state index is 0.0321. The summed E-state index contributed by atoms with van der Waals surface area (Å²) in [6, 6.07) is 32.9. The van der Waals surface area contributed by atoms with E-state index in [9.17, 15) is 9.59 Å². The van der Waals surface area contributed by atoms with E-state index in [2.05, 4.69) is 0 Å². The van der Waals surface area contributed by atoms with Crippen molar-refractivity contribution in [2.24, 2.45) is 0 Å². The van der Waals surface area contributed by atoms with Gasteiger partial charge >= 0.3 is 0 Å². The number of hydrogen-bond acceptors (Lipinski definition) is 4. The van der Waals surface area contributed by atoms with E-state index >= 15 is 0 Å². The summed E-state index contributed by atoms with van der Waals surface area (Å²) in [5, 5.41) is 0.462. The fraction of sp³-hybridized carbons (Fsp3) is 0.0333. The third kappa shape index (κ3) is 5.16.